The van der Waals surface area contributed by atoms with E-state index in [9.17, 15) is 10.1 Å². The number of benzene rings is 1. The van der Waals surface area contributed by atoms with E-state index in [-0.39, 0.29) is 17.4 Å². The molecule has 0 aliphatic heterocycles. The molecule has 0 saturated heterocycles. The SMILES string of the molecule is Nc1nc(OCc2ccccc2)ccc1[N+](=O)[O-]. The molecule has 0 spiro atoms. The van der Waals surface area contributed by atoms with Crippen molar-refractivity contribution in [2.24, 2.45) is 0 Å². The van der Waals surface area contributed by atoms with Gasteiger partial charge < -0.3 is 10.5 Å². The van der Waals surface area contributed by atoms with E-state index in [4.69, 9.17) is 10.5 Å². The Morgan fingerprint density at radius 2 is 1.94 bits per heavy atom. The van der Waals surface area contributed by atoms with Crippen LogP contribution in [0.25, 0.3) is 0 Å². The van der Waals surface area contributed by atoms with Crippen LogP contribution in [0.1, 0.15) is 5.56 Å². The summed E-state index contributed by atoms with van der Waals surface area (Å²) in [5.74, 6) is 0.118. The summed E-state index contributed by atoms with van der Waals surface area (Å²) in [7, 11) is 0. The number of aromatic nitrogens is 1. The lowest BCUT2D eigenvalue weighted by Crippen LogP contribution is -2.02. The molecule has 6 heteroatoms. The molecule has 0 saturated carbocycles. The second kappa shape index (κ2) is 5.13. The third-order valence-corrected chi connectivity index (χ3v) is 2.30. The molecule has 0 bridgehead atoms. The number of nitrogen functional groups attached to an aromatic ring is 1. The number of pyridine rings is 1. The fraction of sp³-hybridized carbons (Fsp3) is 0.0833. The average molecular weight is 245 g/mol. The molecule has 0 atom stereocenters. The quantitative estimate of drug-likeness (QED) is 0.658. The van der Waals surface area contributed by atoms with Gasteiger partial charge in [0.25, 0.3) is 0 Å². The zero-order valence-corrected chi connectivity index (χ0v) is 9.45. The molecule has 0 aliphatic carbocycles. The maximum atomic E-state index is 10.6. The van der Waals surface area contributed by atoms with Crippen LogP contribution in [0.15, 0.2) is 42.5 Å². The van der Waals surface area contributed by atoms with Gasteiger partial charge in [-0.3, -0.25) is 10.1 Å². The zero-order valence-electron chi connectivity index (χ0n) is 9.45. The van der Waals surface area contributed by atoms with E-state index < -0.39 is 4.92 Å². The second-order valence-corrected chi connectivity index (χ2v) is 3.59. The van der Waals surface area contributed by atoms with E-state index in [1.807, 2.05) is 30.3 Å². The molecule has 2 aromatic rings. The Balaban J connectivity index is 2.07. The summed E-state index contributed by atoms with van der Waals surface area (Å²) in [5, 5.41) is 10.6. The van der Waals surface area contributed by atoms with Crippen molar-refractivity contribution in [3.63, 3.8) is 0 Å². The van der Waals surface area contributed by atoms with E-state index >= 15 is 0 Å². The molecule has 2 N–H and O–H groups in total. The van der Waals surface area contributed by atoms with Crippen LogP contribution in [0, 0.1) is 10.1 Å². The highest BCUT2D eigenvalue weighted by Crippen LogP contribution is 2.22. The lowest BCUT2D eigenvalue weighted by molar-refractivity contribution is -0.384. The normalized spacial score (nSPS) is 10.0. The molecular formula is C12H11N3O3. The van der Waals surface area contributed by atoms with Gasteiger partial charge >= 0.3 is 5.69 Å². The first-order chi connectivity index (χ1) is 8.66. The predicted octanol–water partition coefficient (Wildman–Crippen LogP) is 2.15. The number of hydrogen-bond donors (Lipinski definition) is 1. The van der Waals surface area contributed by atoms with Crippen molar-refractivity contribution in [1.82, 2.24) is 4.98 Å². The summed E-state index contributed by atoms with van der Waals surface area (Å²) >= 11 is 0. The second-order valence-electron chi connectivity index (χ2n) is 3.59. The van der Waals surface area contributed by atoms with Crippen LogP contribution in [-0.2, 0) is 6.61 Å². The van der Waals surface area contributed by atoms with Gasteiger partial charge in [0.2, 0.25) is 11.7 Å². The van der Waals surface area contributed by atoms with Gasteiger partial charge in [-0.05, 0) is 5.56 Å². The highest BCUT2D eigenvalue weighted by molar-refractivity contribution is 5.53. The largest absolute Gasteiger partial charge is 0.473 e. The lowest BCUT2D eigenvalue weighted by atomic mass is 10.2. The Kier molecular flexibility index (Phi) is 3.38. The fourth-order valence-corrected chi connectivity index (χ4v) is 1.42. The Morgan fingerprint density at radius 1 is 1.22 bits per heavy atom. The molecule has 1 aromatic heterocycles. The minimum atomic E-state index is -0.580. The van der Waals surface area contributed by atoms with Crippen LogP contribution in [0.5, 0.6) is 5.88 Å². The number of anilines is 1. The van der Waals surface area contributed by atoms with Crippen molar-refractivity contribution in [3.05, 3.63) is 58.1 Å². The minimum absolute atomic E-state index is 0.148. The highest BCUT2D eigenvalue weighted by atomic mass is 16.6. The van der Waals surface area contributed by atoms with Crippen molar-refractivity contribution in [2.45, 2.75) is 6.61 Å². The Bertz CT molecular complexity index is 558. The topological polar surface area (TPSA) is 91.3 Å². The summed E-state index contributed by atoms with van der Waals surface area (Å²) in [6.07, 6.45) is 0. The molecule has 1 aromatic carbocycles. The molecule has 0 amide bonds. The van der Waals surface area contributed by atoms with Gasteiger partial charge in [0.15, 0.2) is 0 Å². The molecule has 2 rings (SSSR count). The third kappa shape index (κ3) is 2.73. The number of nitro groups is 1. The van der Waals surface area contributed by atoms with Crippen LogP contribution >= 0.6 is 0 Å². The first kappa shape index (κ1) is 11.8. The van der Waals surface area contributed by atoms with E-state index in [1.165, 1.54) is 12.1 Å². The first-order valence-electron chi connectivity index (χ1n) is 5.24. The van der Waals surface area contributed by atoms with Gasteiger partial charge in [0.1, 0.15) is 6.61 Å². The third-order valence-electron chi connectivity index (χ3n) is 2.30. The molecule has 0 unspecified atom stereocenters. The summed E-state index contributed by atoms with van der Waals surface area (Å²) in [6, 6.07) is 12.2. The van der Waals surface area contributed by atoms with Crippen molar-refractivity contribution in [3.8, 4) is 5.88 Å². The van der Waals surface area contributed by atoms with Crippen LogP contribution in [-0.4, -0.2) is 9.91 Å². The fourth-order valence-electron chi connectivity index (χ4n) is 1.42. The molecule has 0 radical (unpaired) electrons. The van der Waals surface area contributed by atoms with Crippen LogP contribution in [0.4, 0.5) is 11.5 Å². The lowest BCUT2D eigenvalue weighted by Gasteiger charge is -2.05. The summed E-state index contributed by atoms with van der Waals surface area (Å²) in [6.45, 7) is 0.338. The molecule has 6 nitrogen and oxygen atoms in total. The average Bonchev–Trinajstić information content (AvgIpc) is 2.37. The maximum Gasteiger partial charge on any atom is 0.311 e. The van der Waals surface area contributed by atoms with Gasteiger partial charge in [-0.2, -0.15) is 4.98 Å². The zero-order chi connectivity index (χ0) is 13.0. The molecule has 0 aliphatic rings. The number of nitrogens with two attached hydrogens (primary N) is 1. The number of ether oxygens (including phenoxy) is 1. The van der Waals surface area contributed by atoms with Gasteiger partial charge in [-0.25, -0.2) is 0 Å². The van der Waals surface area contributed by atoms with E-state index in [0.717, 1.165) is 5.56 Å². The van der Waals surface area contributed by atoms with E-state index in [2.05, 4.69) is 4.98 Å². The van der Waals surface area contributed by atoms with Crippen LogP contribution in [0.2, 0.25) is 0 Å². The van der Waals surface area contributed by atoms with Crippen molar-refractivity contribution in [2.75, 3.05) is 5.73 Å². The minimum Gasteiger partial charge on any atom is -0.473 e. The standard InChI is InChI=1S/C12H11N3O3/c13-12-10(15(16)17)6-7-11(14-12)18-8-9-4-2-1-3-5-9/h1-7H,8H2,(H2,13,14). The van der Waals surface area contributed by atoms with Gasteiger partial charge in [-0.1, -0.05) is 30.3 Å². The molecule has 0 fully saturated rings. The van der Waals surface area contributed by atoms with Gasteiger partial charge in [-0.15, -0.1) is 0 Å². The van der Waals surface area contributed by atoms with Crippen molar-refractivity contribution >= 4 is 11.5 Å². The predicted molar refractivity (Wildman–Crippen MR) is 66.1 cm³/mol. The monoisotopic (exact) mass is 245 g/mol. The summed E-state index contributed by atoms with van der Waals surface area (Å²) in [5.41, 5.74) is 6.22. The summed E-state index contributed by atoms with van der Waals surface area (Å²) in [4.78, 5) is 13.8. The summed E-state index contributed by atoms with van der Waals surface area (Å²) < 4.78 is 5.39. The van der Waals surface area contributed by atoms with Crippen LogP contribution in [0.3, 0.4) is 0 Å². The van der Waals surface area contributed by atoms with Gasteiger partial charge in [0.05, 0.1) is 4.92 Å². The molecular weight excluding hydrogens is 234 g/mol. The van der Waals surface area contributed by atoms with E-state index in [0.29, 0.717) is 6.61 Å². The van der Waals surface area contributed by atoms with Crippen LogP contribution < -0.4 is 10.5 Å². The highest BCUT2D eigenvalue weighted by Gasteiger charge is 2.13. The van der Waals surface area contributed by atoms with Crippen molar-refractivity contribution < 1.29 is 9.66 Å². The Hall–Kier alpha value is -2.63. The maximum absolute atomic E-state index is 10.6. The van der Waals surface area contributed by atoms with Crippen molar-refractivity contribution in [1.29, 1.82) is 0 Å². The Labute approximate surface area is 103 Å². The number of rotatable bonds is 4. The number of nitrogens with zero attached hydrogens (tertiary/aromatic N) is 2. The first-order valence-corrected chi connectivity index (χ1v) is 5.24. The van der Waals surface area contributed by atoms with Gasteiger partial charge in [0, 0.05) is 12.1 Å². The molecule has 1 heterocycles. The Morgan fingerprint density at radius 3 is 2.56 bits per heavy atom. The molecule has 92 valence electrons. The smallest absolute Gasteiger partial charge is 0.311 e. The van der Waals surface area contributed by atoms with E-state index in [1.54, 1.807) is 0 Å². The number of hydrogen-bond acceptors (Lipinski definition) is 5. The molecule has 18 heavy (non-hydrogen) atoms.